The van der Waals surface area contributed by atoms with E-state index < -0.39 is 39.9 Å². The Morgan fingerprint density at radius 2 is 1.98 bits per heavy atom. The summed E-state index contributed by atoms with van der Waals surface area (Å²) in [5.41, 5.74) is 1.06. The molecule has 244 valence electrons. The van der Waals surface area contributed by atoms with Gasteiger partial charge in [0.05, 0.1) is 29.4 Å². The summed E-state index contributed by atoms with van der Waals surface area (Å²) in [4.78, 5) is 37.3. The maximum atomic E-state index is 13.6. The fourth-order valence-electron chi connectivity index (χ4n) is 5.67. The second kappa shape index (κ2) is 13.1. The van der Waals surface area contributed by atoms with E-state index in [1.807, 2.05) is 20.8 Å². The molecule has 2 aliphatic rings. The van der Waals surface area contributed by atoms with Crippen LogP contribution in [0, 0.1) is 0 Å². The first-order valence-electron chi connectivity index (χ1n) is 14.8. The molecular formula is C30H38ClN5O8S. The smallest absolute Gasteiger partial charge is 0.410 e. The van der Waals surface area contributed by atoms with Crippen molar-refractivity contribution in [2.24, 2.45) is 0 Å². The number of amides is 2. The van der Waals surface area contributed by atoms with Gasteiger partial charge in [-0.3, -0.25) is 19.3 Å². The molecule has 0 radical (unpaired) electrons. The first-order valence-corrected chi connectivity index (χ1v) is 17.0. The van der Waals surface area contributed by atoms with Crippen LogP contribution in [0.1, 0.15) is 68.5 Å². The zero-order valence-corrected chi connectivity index (χ0v) is 27.2. The van der Waals surface area contributed by atoms with Gasteiger partial charge in [-0.25, -0.2) is 9.78 Å². The molecule has 2 N–H and O–H groups in total. The van der Waals surface area contributed by atoms with Gasteiger partial charge in [-0.1, -0.05) is 11.6 Å². The van der Waals surface area contributed by atoms with Gasteiger partial charge in [0.2, 0.25) is 5.95 Å². The molecule has 0 spiro atoms. The Kier molecular flexibility index (Phi) is 9.59. The quantitative estimate of drug-likeness (QED) is 0.339. The van der Waals surface area contributed by atoms with Crippen LogP contribution in [-0.2, 0) is 30.2 Å². The number of phenols is 1. The average molecular weight is 664 g/mol. The van der Waals surface area contributed by atoms with Crippen molar-refractivity contribution in [2.75, 3.05) is 31.3 Å². The fraction of sp³-hybridized carbons (Fsp3) is 0.533. The Hall–Kier alpha value is -3.46. The number of nitrogens with zero attached hydrogens (tertiary/aromatic N) is 4. The molecule has 15 heteroatoms. The van der Waals surface area contributed by atoms with Crippen LogP contribution in [0.25, 0.3) is 11.0 Å². The van der Waals surface area contributed by atoms with Crippen molar-refractivity contribution in [2.45, 2.75) is 76.7 Å². The molecule has 2 fully saturated rings. The second-order valence-corrected chi connectivity index (χ2v) is 14.4. The lowest BCUT2D eigenvalue weighted by atomic mass is 10.1. The Morgan fingerprint density at radius 3 is 2.71 bits per heavy atom. The molecule has 1 aromatic carbocycles. The molecular weight excluding hydrogens is 626 g/mol. The lowest BCUT2D eigenvalue weighted by Crippen LogP contribution is -2.39. The van der Waals surface area contributed by atoms with Crippen LogP contribution in [0.3, 0.4) is 0 Å². The number of hydrogen-bond acceptors (Lipinski definition) is 10. The summed E-state index contributed by atoms with van der Waals surface area (Å²) in [7, 11) is -3.67. The Bertz CT molecular complexity index is 1690. The van der Waals surface area contributed by atoms with Gasteiger partial charge in [-0.15, -0.1) is 0 Å². The average Bonchev–Trinajstić information content (AvgIpc) is 3.43. The van der Waals surface area contributed by atoms with Gasteiger partial charge in [0, 0.05) is 50.0 Å². The van der Waals surface area contributed by atoms with E-state index in [9.17, 15) is 23.1 Å². The van der Waals surface area contributed by atoms with Gasteiger partial charge >= 0.3 is 6.09 Å². The third-order valence-corrected chi connectivity index (χ3v) is 8.56. The number of ether oxygens (including phenoxy) is 2. The number of hydrogen-bond donors (Lipinski definition) is 2. The Labute approximate surface area is 266 Å². The van der Waals surface area contributed by atoms with E-state index in [-0.39, 0.29) is 35.7 Å². The second-order valence-electron chi connectivity index (χ2n) is 12.4. The third-order valence-electron chi connectivity index (χ3n) is 7.60. The monoisotopic (exact) mass is 663 g/mol. The lowest BCUT2D eigenvalue weighted by molar-refractivity contribution is 0.0238. The molecule has 2 saturated heterocycles. The van der Waals surface area contributed by atoms with E-state index in [4.69, 9.17) is 25.3 Å². The van der Waals surface area contributed by atoms with Crippen molar-refractivity contribution in [3.63, 3.8) is 0 Å². The number of nitrogens with one attached hydrogen (secondary N) is 1. The number of rotatable bonds is 7. The van der Waals surface area contributed by atoms with Crippen molar-refractivity contribution in [1.29, 1.82) is 0 Å². The molecule has 3 atom stereocenters. The summed E-state index contributed by atoms with van der Waals surface area (Å²) in [6.07, 6.45) is 3.79. The highest BCUT2D eigenvalue weighted by Crippen LogP contribution is 2.38. The molecule has 5 rings (SSSR count). The summed E-state index contributed by atoms with van der Waals surface area (Å²) in [5, 5.41) is 13.4. The molecule has 3 aromatic rings. The molecule has 13 nitrogen and oxygen atoms in total. The van der Waals surface area contributed by atoms with Gasteiger partial charge in [0.15, 0.2) is 0 Å². The number of aromatic nitrogens is 3. The zero-order chi connectivity index (χ0) is 32.5. The van der Waals surface area contributed by atoms with E-state index >= 15 is 0 Å². The van der Waals surface area contributed by atoms with Crippen LogP contribution in [0.5, 0.6) is 5.75 Å². The molecule has 0 bridgehead atoms. The number of likely N-dealkylation sites (tertiary alicyclic amines) is 1. The third kappa shape index (κ3) is 8.04. The number of pyridine rings is 1. The first-order chi connectivity index (χ1) is 21.2. The lowest BCUT2D eigenvalue weighted by Gasteiger charge is -2.29. The normalized spacial score (nSPS) is 21.1. The van der Waals surface area contributed by atoms with Gasteiger partial charge in [-0.05, 0) is 64.3 Å². The molecule has 0 aliphatic carbocycles. The number of imidazole rings is 1. The predicted octanol–water partition coefficient (Wildman–Crippen LogP) is 4.68. The van der Waals surface area contributed by atoms with E-state index in [0.717, 1.165) is 19.1 Å². The molecule has 0 saturated carbocycles. The van der Waals surface area contributed by atoms with E-state index in [1.165, 1.54) is 12.3 Å². The van der Waals surface area contributed by atoms with E-state index in [1.54, 1.807) is 27.7 Å². The number of phenolic OH excluding ortho intramolecular Hbond substituents is 1. The van der Waals surface area contributed by atoms with Crippen LogP contribution in [-0.4, -0.2) is 88.7 Å². The summed E-state index contributed by atoms with van der Waals surface area (Å²) < 4.78 is 41.6. The maximum Gasteiger partial charge on any atom is 0.410 e. The largest absolute Gasteiger partial charge is 0.506 e. The zero-order valence-electron chi connectivity index (χ0n) is 25.7. The van der Waals surface area contributed by atoms with Crippen LogP contribution in [0.4, 0.5) is 10.7 Å². The summed E-state index contributed by atoms with van der Waals surface area (Å²) in [6.45, 7) is 6.59. The fourth-order valence-corrected chi connectivity index (χ4v) is 6.59. The molecule has 45 heavy (non-hydrogen) atoms. The topological polar surface area (TPSA) is 162 Å². The number of carbonyl (C=O) groups is 2. The number of anilines is 1. The minimum absolute atomic E-state index is 0.0854. The van der Waals surface area contributed by atoms with Crippen molar-refractivity contribution in [3.05, 3.63) is 46.7 Å². The van der Waals surface area contributed by atoms with Gasteiger partial charge in [-0.2, -0.15) is 8.42 Å². The highest BCUT2D eigenvalue weighted by molar-refractivity contribution is 7.86. The van der Waals surface area contributed by atoms with Crippen molar-refractivity contribution >= 4 is 50.7 Å². The molecule has 2 amide bonds. The highest BCUT2D eigenvalue weighted by atomic mass is 35.5. The van der Waals surface area contributed by atoms with E-state index in [0.29, 0.717) is 48.3 Å². The number of carbonyl (C=O) groups excluding carboxylic acids is 2. The first kappa shape index (κ1) is 32.9. The van der Waals surface area contributed by atoms with Gasteiger partial charge in [0.25, 0.3) is 16.0 Å². The number of benzene rings is 1. The summed E-state index contributed by atoms with van der Waals surface area (Å²) in [6, 6.07) is 5.89. The SMILES string of the molecule is CC(C)(C)OC(=O)N1CCCC[C@@H](n2c(NC(=O)c3ccnc(CC4OCCC4OS(C)(=O)=O)c3)nc3ccc(O)c(Cl)c32)C1. The van der Waals surface area contributed by atoms with Crippen LogP contribution >= 0.6 is 11.6 Å². The molecule has 2 unspecified atom stereocenters. The minimum Gasteiger partial charge on any atom is -0.506 e. The van der Waals surface area contributed by atoms with Crippen molar-refractivity contribution < 1.29 is 36.8 Å². The van der Waals surface area contributed by atoms with Crippen molar-refractivity contribution in [3.8, 4) is 5.75 Å². The standard InChI is InChI=1S/C30H38ClN5O8S/c1-30(2,3)43-29(39)35-13-6-5-7-20(17-35)36-26-21(8-9-22(37)25(26)31)33-28(36)34-27(38)18-10-12-32-19(15-18)16-24-23(11-14-42-24)44-45(4,40)41/h8-10,12,15,20,23-24,37H,5-7,11,13-14,16-17H2,1-4H3,(H,33,34,38)/t20-,23?,24?/m1/s1. The Balaban J connectivity index is 1.42. The summed E-state index contributed by atoms with van der Waals surface area (Å²) in [5.74, 6) is -0.394. The van der Waals surface area contributed by atoms with E-state index in [2.05, 4.69) is 15.3 Å². The molecule has 4 heterocycles. The number of aromatic hydroxyl groups is 1. The maximum absolute atomic E-state index is 13.6. The predicted molar refractivity (Wildman–Crippen MR) is 167 cm³/mol. The van der Waals surface area contributed by atoms with Crippen molar-refractivity contribution in [1.82, 2.24) is 19.4 Å². The van der Waals surface area contributed by atoms with Gasteiger partial charge < -0.3 is 24.0 Å². The Morgan fingerprint density at radius 1 is 1.20 bits per heavy atom. The highest BCUT2D eigenvalue weighted by Gasteiger charge is 2.33. The molecule has 2 aromatic heterocycles. The van der Waals surface area contributed by atoms with Crippen LogP contribution < -0.4 is 5.32 Å². The van der Waals surface area contributed by atoms with Crippen LogP contribution in [0.2, 0.25) is 5.02 Å². The minimum atomic E-state index is -3.67. The number of halogens is 1. The van der Waals surface area contributed by atoms with Crippen LogP contribution in [0.15, 0.2) is 30.5 Å². The molecule has 2 aliphatic heterocycles. The number of fused-ring (bicyclic) bond motifs is 1. The van der Waals surface area contributed by atoms with Gasteiger partial charge in [0.1, 0.15) is 22.5 Å². The summed E-state index contributed by atoms with van der Waals surface area (Å²) >= 11 is 6.60.